The maximum Gasteiger partial charge on any atom is 0.269 e. The number of aryl methyl sites for hydroxylation is 1. The number of thioether (sulfide) groups is 1. The van der Waals surface area contributed by atoms with Crippen LogP contribution < -0.4 is 4.74 Å². The third-order valence-corrected chi connectivity index (χ3v) is 9.70. The molecular formula is C31H28N4O3S. The summed E-state index contributed by atoms with van der Waals surface area (Å²) in [5.74, 6) is 1.48. The zero-order chi connectivity index (χ0) is 26.6. The van der Waals surface area contributed by atoms with E-state index in [9.17, 15) is 10.1 Å². The maximum absolute atomic E-state index is 11.4. The highest BCUT2D eigenvalue weighted by molar-refractivity contribution is 8.04. The highest BCUT2D eigenvalue weighted by atomic mass is 32.2. The first-order valence-electron chi connectivity index (χ1n) is 13.4. The van der Waals surface area contributed by atoms with E-state index in [1.165, 1.54) is 23.3 Å². The first-order chi connectivity index (χ1) is 19.0. The molecule has 8 heteroatoms. The van der Waals surface area contributed by atoms with Gasteiger partial charge in [-0.05, 0) is 43.0 Å². The van der Waals surface area contributed by atoms with Crippen molar-refractivity contribution in [2.75, 3.05) is 0 Å². The molecule has 1 aromatic heterocycles. The van der Waals surface area contributed by atoms with Crippen molar-refractivity contribution in [1.82, 2.24) is 14.7 Å². The Balaban J connectivity index is 1.42. The summed E-state index contributed by atoms with van der Waals surface area (Å²) < 4.78 is 8.83. The number of hydrogen-bond donors (Lipinski definition) is 0. The predicted molar refractivity (Wildman–Crippen MR) is 152 cm³/mol. The third-order valence-electron chi connectivity index (χ3n) is 8.06. The van der Waals surface area contributed by atoms with Crippen LogP contribution in [0.25, 0.3) is 5.69 Å². The van der Waals surface area contributed by atoms with E-state index in [0.717, 1.165) is 53.7 Å². The molecule has 0 N–H and O–H groups in total. The van der Waals surface area contributed by atoms with Crippen molar-refractivity contribution >= 4 is 17.4 Å². The standard InChI is InChI=1S/C31H28N4O3S/c1-21-26-27(23-14-16-25(17-15-23)35(36)37)28-30(38-29(26)34(32-21)24-12-6-3-7-13-24)33(20-22-10-4-2-5-11-22)31(39-28)18-8-9-19-31/h2-7,10-17,27H,8-9,18-20H2,1H3. The van der Waals surface area contributed by atoms with Crippen LogP contribution in [0, 0.1) is 17.0 Å². The Labute approximate surface area is 231 Å². The van der Waals surface area contributed by atoms with Gasteiger partial charge in [-0.3, -0.25) is 10.1 Å². The van der Waals surface area contributed by atoms with Crippen LogP contribution in [0.1, 0.15) is 54.0 Å². The second kappa shape index (κ2) is 9.31. The topological polar surface area (TPSA) is 73.4 Å². The minimum atomic E-state index is -0.345. The molecule has 196 valence electrons. The average molecular weight is 537 g/mol. The lowest BCUT2D eigenvalue weighted by atomic mass is 9.89. The van der Waals surface area contributed by atoms with Crippen LogP contribution in [-0.2, 0) is 6.54 Å². The summed E-state index contributed by atoms with van der Waals surface area (Å²) in [4.78, 5) is 14.7. The Morgan fingerprint density at radius 2 is 1.67 bits per heavy atom. The SMILES string of the molecule is Cc1nn(-c2ccccc2)c2c1C(c1ccc([N+](=O)[O-])cc1)C1=C(O2)N(Cc2ccccc2)C2(CCCC2)S1. The number of rotatable bonds is 5. The number of benzene rings is 3. The Kier molecular flexibility index (Phi) is 5.74. The Hall–Kier alpha value is -4.04. The second-order valence-corrected chi connectivity index (χ2v) is 11.8. The van der Waals surface area contributed by atoms with Gasteiger partial charge < -0.3 is 9.64 Å². The van der Waals surface area contributed by atoms with Crippen LogP contribution in [0.3, 0.4) is 0 Å². The molecule has 0 saturated heterocycles. The largest absolute Gasteiger partial charge is 0.421 e. The molecule has 4 aromatic rings. The summed E-state index contributed by atoms with van der Waals surface area (Å²) in [5.41, 5.74) is 5.20. The molecule has 1 aliphatic carbocycles. The van der Waals surface area contributed by atoms with E-state index in [-0.39, 0.29) is 21.4 Å². The normalized spacial score (nSPS) is 19.2. The molecule has 1 atom stereocenters. The molecular weight excluding hydrogens is 508 g/mol. The maximum atomic E-state index is 11.4. The third kappa shape index (κ3) is 3.93. The van der Waals surface area contributed by atoms with Gasteiger partial charge in [0.2, 0.25) is 11.8 Å². The van der Waals surface area contributed by atoms with Crippen molar-refractivity contribution in [3.8, 4) is 11.6 Å². The van der Waals surface area contributed by atoms with Crippen LogP contribution in [0.2, 0.25) is 0 Å². The summed E-state index contributed by atoms with van der Waals surface area (Å²) in [5, 5.41) is 16.4. The Bertz CT molecular complexity index is 1580. The van der Waals surface area contributed by atoms with Crippen molar-refractivity contribution < 1.29 is 9.66 Å². The van der Waals surface area contributed by atoms with E-state index in [2.05, 4.69) is 29.2 Å². The summed E-state index contributed by atoms with van der Waals surface area (Å²) in [6.07, 6.45) is 4.55. The van der Waals surface area contributed by atoms with Crippen LogP contribution in [-0.4, -0.2) is 24.5 Å². The molecule has 0 radical (unpaired) electrons. The lowest BCUT2D eigenvalue weighted by molar-refractivity contribution is -0.384. The van der Waals surface area contributed by atoms with Gasteiger partial charge in [0, 0.05) is 18.7 Å². The van der Waals surface area contributed by atoms with Crippen molar-refractivity contribution in [3.05, 3.63) is 128 Å². The molecule has 1 spiro atoms. The number of non-ortho nitro benzene ring substituents is 1. The fraction of sp³-hybridized carbons (Fsp3) is 0.258. The number of ether oxygens (including phenoxy) is 1. The van der Waals surface area contributed by atoms with Gasteiger partial charge in [-0.15, -0.1) is 0 Å². The lowest BCUT2D eigenvalue weighted by Crippen LogP contribution is -2.40. The molecule has 3 heterocycles. The summed E-state index contributed by atoms with van der Waals surface area (Å²) in [7, 11) is 0. The van der Waals surface area contributed by atoms with Crippen LogP contribution >= 0.6 is 11.8 Å². The quantitative estimate of drug-likeness (QED) is 0.197. The van der Waals surface area contributed by atoms with Gasteiger partial charge >= 0.3 is 0 Å². The van der Waals surface area contributed by atoms with E-state index in [0.29, 0.717) is 0 Å². The van der Waals surface area contributed by atoms with Crippen molar-refractivity contribution in [3.63, 3.8) is 0 Å². The van der Waals surface area contributed by atoms with Crippen molar-refractivity contribution in [2.45, 2.75) is 49.9 Å². The molecule has 39 heavy (non-hydrogen) atoms. The zero-order valence-electron chi connectivity index (χ0n) is 21.6. The Morgan fingerprint density at radius 3 is 2.33 bits per heavy atom. The number of para-hydroxylation sites is 1. The minimum Gasteiger partial charge on any atom is -0.421 e. The fourth-order valence-corrected chi connectivity index (χ4v) is 7.98. The monoisotopic (exact) mass is 536 g/mol. The first kappa shape index (κ1) is 24.0. The average Bonchev–Trinajstić information content (AvgIpc) is 3.65. The number of aromatic nitrogens is 2. The van der Waals surface area contributed by atoms with Crippen LogP contribution in [0.4, 0.5) is 5.69 Å². The number of nitro groups is 1. The fourth-order valence-electron chi connectivity index (χ4n) is 6.21. The van der Waals surface area contributed by atoms with Gasteiger partial charge in [0.1, 0.15) is 0 Å². The summed E-state index contributed by atoms with van der Waals surface area (Å²) >= 11 is 1.93. The van der Waals surface area contributed by atoms with E-state index < -0.39 is 0 Å². The predicted octanol–water partition coefficient (Wildman–Crippen LogP) is 7.30. The van der Waals surface area contributed by atoms with Gasteiger partial charge in [-0.1, -0.05) is 85.3 Å². The number of nitrogens with zero attached hydrogens (tertiary/aromatic N) is 4. The van der Waals surface area contributed by atoms with Gasteiger partial charge in [-0.2, -0.15) is 5.10 Å². The molecule has 2 aliphatic heterocycles. The van der Waals surface area contributed by atoms with Gasteiger partial charge in [-0.25, -0.2) is 4.68 Å². The molecule has 3 aromatic carbocycles. The van der Waals surface area contributed by atoms with E-state index >= 15 is 0 Å². The number of hydrogen-bond acceptors (Lipinski definition) is 6. The Morgan fingerprint density at radius 1 is 1.00 bits per heavy atom. The molecule has 1 saturated carbocycles. The highest BCUT2D eigenvalue weighted by Gasteiger charge is 2.53. The minimum absolute atomic E-state index is 0.0675. The van der Waals surface area contributed by atoms with Crippen LogP contribution in [0.15, 0.2) is 95.7 Å². The number of nitro benzene ring substituents is 1. The van der Waals surface area contributed by atoms with Gasteiger partial charge in [0.05, 0.1) is 37.6 Å². The van der Waals surface area contributed by atoms with Crippen molar-refractivity contribution in [1.29, 1.82) is 0 Å². The van der Waals surface area contributed by atoms with E-state index in [1.54, 1.807) is 12.1 Å². The van der Waals surface area contributed by atoms with E-state index in [1.807, 2.05) is 71.9 Å². The second-order valence-electron chi connectivity index (χ2n) is 10.4. The molecule has 0 bridgehead atoms. The van der Waals surface area contributed by atoms with Gasteiger partial charge in [0.15, 0.2) is 0 Å². The lowest BCUT2D eigenvalue weighted by Gasteiger charge is -2.37. The highest BCUT2D eigenvalue weighted by Crippen LogP contribution is 2.62. The molecule has 1 fully saturated rings. The van der Waals surface area contributed by atoms with Gasteiger partial charge in [0.25, 0.3) is 5.69 Å². The molecule has 7 nitrogen and oxygen atoms in total. The molecule has 1 unspecified atom stereocenters. The molecule has 7 rings (SSSR count). The number of fused-ring (bicyclic) bond motifs is 1. The zero-order valence-corrected chi connectivity index (χ0v) is 22.4. The molecule has 3 aliphatic rings. The summed E-state index contributed by atoms with van der Waals surface area (Å²) in [6, 6.07) is 27.6. The number of allylic oxidation sites excluding steroid dienone is 1. The van der Waals surface area contributed by atoms with E-state index in [4.69, 9.17) is 9.84 Å². The summed E-state index contributed by atoms with van der Waals surface area (Å²) in [6.45, 7) is 2.78. The van der Waals surface area contributed by atoms with Crippen LogP contribution in [0.5, 0.6) is 5.88 Å². The smallest absolute Gasteiger partial charge is 0.269 e. The molecule has 0 amide bonds. The first-order valence-corrected chi connectivity index (χ1v) is 14.2. The van der Waals surface area contributed by atoms with Crippen molar-refractivity contribution in [2.24, 2.45) is 0 Å².